The second-order valence-corrected chi connectivity index (χ2v) is 1.68. The van der Waals surface area contributed by atoms with Crippen molar-refractivity contribution in [3.63, 3.8) is 0 Å². The Kier molecular flexibility index (Phi) is 1.46. The molecule has 1 radical (unpaired) electrons. The minimum atomic E-state index is -2.55. The highest BCUT2D eigenvalue weighted by Gasteiger charge is 2.04. The Balaban J connectivity index is 2.85. The van der Waals surface area contributed by atoms with Crippen LogP contribution in [0.25, 0.3) is 0 Å². The van der Waals surface area contributed by atoms with E-state index in [9.17, 15) is 8.78 Å². The van der Waals surface area contributed by atoms with Gasteiger partial charge in [0.05, 0.1) is 0 Å². The maximum absolute atomic E-state index is 11.7. The SMILES string of the molecule is Cc1[c]nn(C(F)F)c1. The first-order valence-electron chi connectivity index (χ1n) is 2.42. The number of nitrogens with zero attached hydrogens (tertiary/aromatic N) is 2. The zero-order chi connectivity index (χ0) is 6.85. The summed E-state index contributed by atoms with van der Waals surface area (Å²) in [5.41, 5.74) is 0.621. The Morgan fingerprint density at radius 3 is 2.67 bits per heavy atom. The topological polar surface area (TPSA) is 17.8 Å². The van der Waals surface area contributed by atoms with Gasteiger partial charge in [-0.2, -0.15) is 13.9 Å². The van der Waals surface area contributed by atoms with Crippen molar-refractivity contribution in [2.45, 2.75) is 13.5 Å². The molecule has 0 spiro atoms. The molecule has 0 saturated heterocycles. The normalized spacial score (nSPS) is 10.7. The fourth-order valence-electron chi connectivity index (χ4n) is 0.493. The van der Waals surface area contributed by atoms with E-state index in [2.05, 4.69) is 11.3 Å². The van der Waals surface area contributed by atoms with Gasteiger partial charge in [0.15, 0.2) is 0 Å². The van der Waals surface area contributed by atoms with Gasteiger partial charge in [0.1, 0.15) is 6.20 Å². The molecular weight excluding hydrogens is 126 g/mol. The molecule has 0 aliphatic heterocycles. The van der Waals surface area contributed by atoms with Crippen molar-refractivity contribution >= 4 is 0 Å². The molecule has 0 aliphatic rings. The molecule has 0 atom stereocenters. The van der Waals surface area contributed by atoms with Crippen LogP contribution in [0.15, 0.2) is 6.20 Å². The zero-order valence-electron chi connectivity index (χ0n) is 4.81. The Morgan fingerprint density at radius 1 is 1.78 bits per heavy atom. The van der Waals surface area contributed by atoms with E-state index in [0.717, 1.165) is 0 Å². The lowest BCUT2D eigenvalue weighted by Gasteiger charge is -1.93. The van der Waals surface area contributed by atoms with Crippen molar-refractivity contribution in [3.05, 3.63) is 18.0 Å². The van der Waals surface area contributed by atoms with E-state index in [1.807, 2.05) is 0 Å². The molecule has 1 aromatic heterocycles. The van der Waals surface area contributed by atoms with E-state index in [4.69, 9.17) is 0 Å². The molecule has 49 valence electrons. The molecule has 1 heterocycles. The molecule has 0 bridgehead atoms. The number of rotatable bonds is 1. The summed E-state index contributed by atoms with van der Waals surface area (Å²) >= 11 is 0. The van der Waals surface area contributed by atoms with Gasteiger partial charge < -0.3 is 0 Å². The Morgan fingerprint density at radius 2 is 2.44 bits per heavy atom. The number of aromatic nitrogens is 2. The monoisotopic (exact) mass is 131 g/mol. The summed E-state index contributed by atoms with van der Waals surface area (Å²) in [5, 5.41) is 3.26. The van der Waals surface area contributed by atoms with Crippen LogP contribution < -0.4 is 0 Å². The molecule has 4 heteroatoms. The van der Waals surface area contributed by atoms with Gasteiger partial charge in [0, 0.05) is 6.20 Å². The summed E-state index contributed by atoms with van der Waals surface area (Å²) < 4.78 is 23.9. The number of hydrogen-bond donors (Lipinski definition) is 0. The second kappa shape index (κ2) is 2.13. The van der Waals surface area contributed by atoms with Gasteiger partial charge in [0.2, 0.25) is 0 Å². The van der Waals surface area contributed by atoms with Gasteiger partial charge in [0.25, 0.3) is 0 Å². The fourth-order valence-corrected chi connectivity index (χ4v) is 0.493. The highest BCUT2D eigenvalue weighted by atomic mass is 19.3. The average Bonchev–Trinajstić information content (AvgIpc) is 2.14. The van der Waals surface area contributed by atoms with Crippen LogP contribution in [0, 0.1) is 13.1 Å². The van der Waals surface area contributed by atoms with Gasteiger partial charge >= 0.3 is 6.55 Å². The van der Waals surface area contributed by atoms with Crippen LogP contribution in [-0.2, 0) is 0 Å². The Labute approximate surface area is 51.1 Å². The van der Waals surface area contributed by atoms with Crippen molar-refractivity contribution in [2.75, 3.05) is 0 Å². The number of alkyl halides is 2. The first-order valence-corrected chi connectivity index (χ1v) is 2.42. The first-order chi connectivity index (χ1) is 4.20. The molecule has 1 aromatic rings. The van der Waals surface area contributed by atoms with Crippen molar-refractivity contribution in [1.29, 1.82) is 0 Å². The summed E-state index contributed by atoms with van der Waals surface area (Å²) in [6, 6.07) is 0. The highest BCUT2D eigenvalue weighted by molar-refractivity contribution is 4.97. The smallest absolute Gasteiger partial charge is 0.211 e. The molecule has 0 fully saturated rings. The number of aryl methyl sites for hydroxylation is 1. The van der Waals surface area contributed by atoms with Crippen molar-refractivity contribution in [1.82, 2.24) is 9.78 Å². The van der Waals surface area contributed by atoms with Crippen LogP contribution in [0.2, 0.25) is 0 Å². The van der Waals surface area contributed by atoms with Gasteiger partial charge in [-0.3, -0.25) is 0 Å². The molecule has 0 N–H and O–H groups in total. The molecule has 0 unspecified atom stereocenters. The Bertz CT molecular complexity index is 195. The Hall–Kier alpha value is -0.930. The third-order valence-electron chi connectivity index (χ3n) is 0.868. The van der Waals surface area contributed by atoms with Crippen LogP contribution in [0.5, 0.6) is 0 Å². The summed E-state index contributed by atoms with van der Waals surface area (Å²) in [7, 11) is 0. The quantitative estimate of drug-likeness (QED) is 0.563. The zero-order valence-corrected chi connectivity index (χ0v) is 4.81. The third-order valence-corrected chi connectivity index (χ3v) is 0.868. The molecule has 0 saturated carbocycles. The number of halogens is 2. The first kappa shape index (κ1) is 6.19. The van der Waals surface area contributed by atoms with Crippen molar-refractivity contribution in [2.24, 2.45) is 0 Å². The fraction of sp³-hybridized carbons (Fsp3) is 0.400. The highest BCUT2D eigenvalue weighted by Crippen LogP contribution is 2.07. The van der Waals surface area contributed by atoms with Crippen molar-refractivity contribution in [3.8, 4) is 0 Å². The van der Waals surface area contributed by atoms with Crippen LogP contribution in [-0.4, -0.2) is 9.78 Å². The van der Waals surface area contributed by atoms with Crippen LogP contribution in [0.3, 0.4) is 0 Å². The standard InChI is InChI=1S/C5H5F2N2/c1-4-2-8-9(3-4)5(6)7/h3,5H,1H3. The van der Waals surface area contributed by atoms with E-state index in [1.54, 1.807) is 6.92 Å². The largest absolute Gasteiger partial charge is 0.333 e. The molecule has 2 nitrogen and oxygen atoms in total. The molecule has 9 heavy (non-hydrogen) atoms. The van der Waals surface area contributed by atoms with E-state index in [-0.39, 0.29) is 0 Å². The average molecular weight is 131 g/mol. The minimum Gasteiger partial charge on any atom is -0.211 e. The lowest BCUT2D eigenvalue weighted by molar-refractivity contribution is 0.0564. The molecular formula is C5H5F2N2. The minimum absolute atomic E-state index is 0.565. The van der Waals surface area contributed by atoms with E-state index < -0.39 is 6.55 Å². The third kappa shape index (κ3) is 1.25. The van der Waals surface area contributed by atoms with Gasteiger partial charge in [-0.05, 0) is 12.5 Å². The summed E-state index contributed by atoms with van der Waals surface area (Å²) in [6.07, 6.45) is 3.62. The van der Waals surface area contributed by atoms with Crippen molar-refractivity contribution < 1.29 is 8.78 Å². The van der Waals surface area contributed by atoms with Crippen LogP contribution >= 0.6 is 0 Å². The van der Waals surface area contributed by atoms with Gasteiger partial charge in [-0.1, -0.05) is 0 Å². The molecule has 0 aliphatic carbocycles. The van der Waals surface area contributed by atoms with E-state index in [0.29, 0.717) is 10.2 Å². The maximum Gasteiger partial charge on any atom is 0.333 e. The van der Waals surface area contributed by atoms with Gasteiger partial charge in [-0.15, -0.1) is 0 Å². The second-order valence-electron chi connectivity index (χ2n) is 1.68. The molecule has 1 rings (SSSR count). The predicted octanol–water partition coefficient (Wildman–Crippen LogP) is 1.39. The summed E-state index contributed by atoms with van der Waals surface area (Å²) in [6.45, 7) is -0.888. The van der Waals surface area contributed by atoms with Crippen LogP contribution in [0.4, 0.5) is 8.78 Å². The lowest BCUT2D eigenvalue weighted by Crippen LogP contribution is -1.96. The summed E-state index contributed by atoms with van der Waals surface area (Å²) in [5.74, 6) is 0. The molecule has 0 aromatic carbocycles. The maximum atomic E-state index is 11.7. The summed E-state index contributed by atoms with van der Waals surface area (Å²) in [4.78, 5) is 0. The van der Waals surface area contributed by atoms with Gasteiger partial charge in [-0.25, -0.2) is 4.68 Å². The molecule has 0 amide bonds. The van der Waals surface area contributed by atoms with Crippen LogP contribution in [0.1, 0.15) is 12.1 Å². The van der Waals surface area contributed by atoms with E-state index >= 15 is 0 Å². The predicted molar refractivity (Wildman–Crippen MR) is 27.1 cm³/mol. The lowest BCUT2D eigenvalue weighted by atomic mass is 10.4. The van der Waals surface area contributed by atoms with E-state index in [1.165, 1.54) is 6.20 Å². The number of hydrogen-bond acceptors (Lipinski definition) is 1.